The minimum absolute atomic E-state index is 1.11. The second-order valence-corrected chi connectivity index (χ2v) is 3.32. The maximum Gasteiger partial charge on any atom is 0.0542 e. The van der Waals surface area contributed by atoms with Crippen molar-refractivity contribution in [3.05, 3.63) is 35.9 Å². The maximum atomic E-state index is 4.40. The van der Waals surface area contributed by atoms with Crippen molar-refractivity contribution in [2.45, 2.75) is 12.8 Å². The predicted molar refractivity (Wildman–Crippen MR) is 54.8 cm³/mol. The van der Waals surface area contributed by atoms with E-state index in [1.807, 2.05) is 24.4 Å². The lowest BCUT2D eigenvalue weighted by atomic mass is 10.2. The largest absolute Gasteiger partial charge is 0.297 e. The van der Waals surface area contributed by atoms with Crippen LogP contribution in [0.1, 0.15) is 18.4 Å². The molecule has 1 heterocycles. The van der Waals surface area contributed by atoms with E-state index in [1.54, 1.807) is 0 Å². The standard InChI is InChI=1S/C11H14N2/c1-2-6-11(7-3-1)10-12-13-8-4-5-9-13/h1-3,6-7,10H,4-5,8-9H2/b12-10+. The molecule has 1 aromatic rings. The highest BCUT2D eigenvalue weighted by molar-refractivity contribution is 5.79. The second-order valence-electron chi connectivity index (χ2n) is 3.32. The fraction of sp³-hybridized carbons (Fsp3) is 0.364. The zero-order chi connectivity index (χ0) is 8.93. The van der Waals surface area contributed by atoms with Crippen LogP contribution in [0, 0.1) is 0 Å². The third kappa shape index (κ3) is 2.31. The first kappa shape index (κ1) is 8.30. The molecule has 1 aliphatic heterocycles. The van der Waals surface area contributed by atoms with Gasteiger partial charge in [-0.15, -0.1) is 0 Å². The van der Waals surface area contributed by atoms with Gasteiger partial charge in [0, 0.05) is 13.1 Å². The van der Waals surface area contributed by atoms with Gasteiger partial charge in [-0.1, -0.05) is 30.3 Å². The van der Waals surface area contributed by atoms with Crippen LogP contribution in [0.4, 0.5) is 0 Å². The molecule has 13 heavy (non-hydrogen) atoms. The van der Waals surface area contributed by atoms with Crippen LogP contribution in [0.25, 0.3) is 0 Å². The third-order valence-corrected chi connectivity index (χ3v) is 2.25. The molecule has 0 unspecified atom stereocenters. The molecule has 1 fully saturated rings. The van der Waals surface area contributed by atoms with Gasteiger partial charge in [0.2, 0.25) is 0 Å². The highest BCUT2D eigenvalue weighted by atomic mass is 15.5. The molecule has 0 aromatic heterocycles. The van der Waals surface area contributed by atoms with Gasteiger partial charge < -0.3 is 0 Å². The lowest BCUT2D eigenvalue weighted by Crippen LogP contribution is -2.11. The first-order valence-electron chi connectivity index (χ1n) is 4.79. The van der Waals surface area contributed by atoms with E-state index in [1.165, 1.54) is 18.4 Å². The molecule has 0 spiro atoms. The number of benzene rings is 1. The number of hydrogen-bond donors (Lipinski definition) is 0. The molecule has 68 valence electrons. The van der Waals surface area contributed by atoms with Crippen molar-refractivity contribution in [1.82, 2.24) is 5.01 Å². The third-order valence-electron chi connectivity index (χ3n) is 2.25. The normalized spacial score (nSPS) is 17.1. The van der Waals surface area contributed by atoms with E-state index >= 15 is 0 Å². The summed E-state index contributed by atoms with van der Waals surface area (Å²) in [4.78, 5) is 0. The Kier molecular flexibility index (Phi) is 2.60. The summed E-state index contributed by atoms with van der Waals surface area (Å²) >= 11 is 0. The number of rotatable bonds is 2. The van der Waals surface area contributed by atoms with E-state index < -0.39 is 0 Å². The predicted octanol–water partition coefficient (Wildman–Crippen LogP) is 2.12. The second kappa shape index (κ2) is 4.08. The molecule has 2 rings (SSSR count). The van der Waals surface area contributed by atoms with Crippen molar-refractivity contribution in [2.24, 2.45) is 5.10 Å². The summed E-state index contributed by atoms with van der Waals surface area (Å²) in [5.41, 5.74) is 1.18. The van der Waals surface area contributed by atoms with E-state index in [4.69, 9.17) is 0 Å². The lowest BCUT2D eigenvalue weighted by Gasteiger charge is -2.08. The van der Waals surface area contributed by atoms with Gasteiger partial charge in [0.05, 0.1) is 6.21 Å². The van der Waals surface area contributed by atoms with Crippen LogP contribution in [-0.2, 0) is 0 Å². The molecule has 0 bridgehead atoms. The Bertz CT molecular complexity index is 273. The van der Waals surface area contributed by atoms with Crippen molar-refractivity contribution < 1.29 is 0 Å². The van der Waals surface area contributed by atoms with Gasteiger partial charge in [-0.25, -0.2) is 0 Å². The first-order valence-corrected chi connectivity index (χ1v) is 4.79. The number of nitrogens with zero attached hydrogens (tertiary/aromatic N) is 2. The fourth-order valence-corrected chi connectivity index (χ4v) is 1.50. The summed E-state index contributed by atoms with van der Waals surface area (Å²) < 4.78 is 0. The van der Waals surface area contributed by atoms with Crippen molar-refractivity contribution in [1.29, 1.82) is 0 Å². The molecular weight excluding hydrogens is 160 g/mol. The van der Waals surface area contributed by atoms with Gasteiger partial charge in [-0.3, -0.25) is 5.01 Å². The van der Waals surface area contributed by atoms with E-state index in [2.05, 4.69) is 22.2 Å². The van der Waals surface area contributed by atoms with Crippen LogP contribution in [0.2, 0.25) is 0 Å². The van der Waals surface area contributed by atoms with Crippen LogP contribution in [0.3, 0.4) is 0 Å². The van der Waals surface area contributed by atoms with Gasteiger partial charge in [0.15, 0.2) is 0 Å². The Morgan fingerprint density at radius 2 is 1.77 bits per heavy atom. The topological polar surface area (TPSA) is 15.6 Å². The summed E-state index contributed by atoms with van der Waals surface area (Å²) in [5.74, 6) is 0. The fourth-order valence-electron chi connectivity index (χ4n) is 1.50. The Morgan fingerprint density at radius 1 is 1.08 bits per heavy atom. The maximum absolute atomic E-state index is 4.40. The lowest BCUT2D eigenvalue weighted by molar-refractivity contribution is 0.362. The summed E-state index contributed by atoms with van der Waals surface area (Å²) in [6, 6.07) is 10.2. The van der Waals surface area contributed by atoms with Gasteiger partial charge in [-0.2, -0.15) is 5.10 Å². The molecule has 0 amide bonds. The monoisotopic (exact) mass is 174 g/mol. The summed E-state index contributed by atoms with van der Waals surface area (Å²) in [7, 11) is 0. The minimum Gasteiger partial charge on any atom is -0.297 e. The quantitative estimate of drug-likeness (QED) is 0.627. The summed E-state index contributed by atoms with van der Waals surface area (Å²) in [6.45, 7) is 2.23. The van der Waals surface area contributed by atoms with Gasteiger partial charge in [-0.05, 0) is 18.4 Å². The minimum atomic E-state index is 1.11. The molecule has 0 aliphatic carbocycles. The zero-order valence-corrected chi connectivity index (χ0v) is 7.69. The number of hydrogen-bond acceptors (Lipinski definition) is 2. The summed E-state index contributed by atoms with van der Waals surface area (Å²) in [6.07, 6.45) is 4.50. The van der Waals surface area contributed by atoms with Crippen LogP contribution in [0.15, 0.2) is 35.4 Å². The molecule has 1 saturated heterocycles. The van der Waals surface area contributed by atoms with Crippen LogP contribution >= 0.6 is 0 Å². The van der Waals surface area contributed by atoms with E-state index in [9.17, 15) is 0 Å². The molecule has 2 nitrogen and oxygen atoms in total. The van der Waals surface area contributed by atoms with Crippen molar-refractivity contribution >= 4 is 6.21 Å². The van der Waals surface area contributed by atoms with Gasteiger partial charge in [0.25, 0.3) is 0 Å². The zero-order valence-electron chi connectivity index (χ0n) is 7.69. The molecule has 0 atom stereocenters. The smallest absolute Gasteiger partial charge is 0.0542 e. The van der Waals surface area contributed by atoms with E-state index in [0.717, 1.165) is 13.1 Å². The SMILES string of the molecule is C(=N\N1CCCC1)/c1ccccc1. The first-order chi connectivity index (χ1) is 6.45. The van der Waals surface area contributed by atoms with Crippen molar-refractivity contribution in [3.63, 3.8) is 0 Å². The highest BCUT2D eigenvalue weighted by Crippen LogP contribution is 2.07. The number of hydrazone groups is 1. The Morgan fingerprint density at radius 3 is 2.46 bits per heavy atom. The molecule has 0 N–H and O–H groups in total. The van der Waals surface area contributed by atoms with Gasteiger partial charge >= 0.3 is 0 Å². The van der Waals surface area contributed by atoms with Gasteiger partial charge in [0.1, 0.15) is 0 Å². The van der Waals surface area contributed by atoms with E-state index in [-0.39, 0.29) is 0 Å². The molecule has 1 aliphatic rings. The summed E-state index contributed by atoms with van der Waals surface area (Å²) in [5, 5.41) is 6.53. The van der Waals surface area contributed by atoms with Crippen LogP contribution < -0.4 is 0 Å². The molecule has 0 saturated carbocycles. The average Bonchev–Trinajstić information content (AvgIpc) is 2.69. The average molecular weight is 174 g/mol. The van der Waals surface area contributed by atoms with Crippen LogP contribution in [0.5, 0.6) is 0 Å². The van der Waals surface area contributed by atoms with Crippen molar-refractivity contribution in [2.75, 3.05) is 13.1 Å². The Hall–Kier alpha value is -1.31. The van der Waals surface area contributed by atoms with E-state index in [0.29, 0.717) is 0 Å². The molecule has 0 radical (unpaired) electrons. The van der Waals surface area contributed by atoms with Crippen LogP contribution in [-0.4, -0.2) is 24.3 Å². The Balaban J connectivity index is 1.97. The molecule has 2 heteroatoms. The molecular formula is C11H14N2. The highest BCUT2D eigenvalue weighted by Gasteiger charge is 2.06. The molecule has 1 aromatic carbocycles. The van der Waals surface area contributed by atoms with Crippen molar-refractivity contribution in [3.8, 4) is 0 Å². The Labute approximate surface area is 78.9 Å².